The van der Waals surface area contributed by atoms with Gasteiger partial charge in [-0.3, -0.25) is 9.59 Å². The molecule has 2 amide bonds. The third kappa shape index (κ3) is 3.85. The van der Waals surface area contributed by atoms with Gasteiger partial charge in [-0.2, -0.15) is 5.10 Å². The molecule has 1 fully saturated rings. The number of benzene rings is 2. The van der Waals surface area contributed by atoms with Gasteiger partial charge in [0.15, 0.2) is 0 Å². The number of carbonyl (C=O) groups excluding carboxylic acids is 2. The highest BCUT2D eigenvalue weighted by Crippen LogP contribution is 2.27. The van der Waals surface area contributed by atoms with E-state index in [4.69, 9.17) is 0 Å². The number of aromatic nitrogens is 2. The minimum atomic E-state index is -0.207. The largest absolute Gasteiger partial charge is 0.322 e. The van der Waals surface area contributed by atoms with E-state index in [0.717, 1.165) is 30.0 Å². The summed E-state index contributed by atoms with van der Waals surface area (Å²) in [4.78, 5) is 26.9. The SMILES string of the molecule is Cc1ccc(-n2ncc(C(=O)Nc3cccc(N4CCCC4=O)c3)c2C(C)C)cc1. The number of rotatable bonds is 5. The molecule has 1 saturated heterocycles. The Morgan fingerprint density at radius 1 is 1.10 bits per heavy atom. The van der Waals surface area contributed by atoms with E-state index in [9.17, 15) is 9.59 Å². The molecule has 4 rings (SSSR count). The van der Waals surface area contributed by atoms with Crippen LogP contribution in [0.4, 0.5) is 11.4 Å². The van der Waals surface area contributed by atoms with Crippen molar-refractivity contribution >= 4 is 23.2 Å². The van der Waals surface area contributed by atoms with Crippen molar-refractivity contribution in [1.82, 2.24) is 9.78 Å². The Morgan fingerprint density at radius 3 is 2.53 bits per heavy atom. The first-order valence-corrected chi connectivity index (χ1v) is 10.3. The number of nitrogens with one attached hydrogen (secondary N) is 1. The molecule has 0 saturated carbocycles. The summed E-state index contributed by atoms with van der Waals surface area (Å²) < 4.78 is 1.83. The lowest BCUT2D eigenvalue weighted by Crippen LogP contribution is -2.23. The number of hydrogen-bond donors (Lipinski definition) is 1. The predicted molar refractivity (Wildman–Crippen MR) is 118 cm³/mol. The molecule has 2 aromatic carbocycles. The highest BCUT2D eigenvalue weighted by Gasteiger charge is 2.23. The summed E-state index contributed by atoms with van der Waals surface area (Å²) in [6, 6.07) is 15.5. The van der Waals surface area contributed by atoms with Gasteiger partial charge in [-0.15, -0.1) is 0 Å². The first-order valence-electron chi connectivity index (χ1n) is 10.3. The van der Waals surface area contributed by atoms with Gasteiger partial charge in [0, 0.05) is 24.3 Å². The molecule has 6 nitrogen and oxygen atoms in total. The average Bonchev–Trinajstić information content (AvgIpc) is 3.35. The van der Waals surface area contributed by atoms with Crippen LogP contribution in [0.25, 0.3) is 5.69 Å². The topological polar surface area (TPSA) is 67.2 Å². The van der Waals surface area contributed by atoms with Gasteiger partial charge in [0.25, 0.3) is 5.91 Å². The van der Waals surface area contributed by atoms with Crippen molar-refractivity contribution in [2.45, 2.75) is 39.5 Å². The second-order valence-corrected chi connectivity index (χ2v) is 8.00. The second-order valence-electron chi connectivity index (χ2n) is 8.00. The molecule has 1 N–H and O–H groups in total. The first kappa shape index (κ1) is 19.9. The van der Waals surface area contributed by atoms with E-state index in [1.807, 2.05) is 60.1 Å². The number of hydrogen-bond acceptors (Lipinski definition) is 3. The Morgan fingerprint density at radius 2 is 1.87 bits per heavy atom. The summed E-state index contributed by atoms with van der Waals surface area (Å²) in [6.45, 7) is 6.87. The van der Waals surface area contributed by atoms with Crippen molar-refractivity contribution in [3.05, 3.63) is 71.5 Å². The molecule has 1 aliphatic rings. The monoisotopic (exact) mass is 402 g/mol. The maximum absolute atomic E-state index is 13.1. The minimum absolute atomic E-state index is 0.114. The predicted octanol–water partition coefficient (Wildman–Crippen LogP) is 4.68. The van der Waals surface area contributed by atoms with Crippen molar-refractivity contribution in [3.8, 4) is 5.69 Å². The number of anilines is 2. The lowest BCUT2D eigenvalue weighted by atomic mass is 10.0. The number of nitrogens with zero attached hydrogens (tertiary/aromatic N) is 3. The summed E-state index contributed by atoms with van der Waals surface area (Å²) >= 11 is 0. The molecule has 0 aliphatic carbocycles. The van der Waals surface area contributed by atoms with Crippen LogP contribution in [0.15, 0.2) is 54.7 Å². The van der Waals surface area contributed by atoms with E-state index in [-0.39, 0.29) is 17.7 Å². The second kappa shape index (κ2) is 8.14. The molecule has 0 radical (unpaired) electrons. The Labute approximate surface area is 176 Å². The Hall–Kier alpha value is -3.41. The highest BCUT2D eigenvalue weighted by atomic mass is 16.2. The quantitative estimate of drug-likeness (QED) is 0.674. The molecular formula is C24H26N4O2. The number of amides is 2. The van der Waals surface area contributed by atoms with Crippen LogP contribution >= 0.6 is 0 Å². The zero-order valence-corrected chi connectivity index (χ0v) is 17.6. The van der Waals surface area contributed by atoms with E-state index in [1.165, 1.54) is 5.56 Å². The van der Waals surface area contributed by atoms with E-state index < -0.39 is 0 Å². The van der Waals surface area contributed by atoms with Gasteiger partial charge < -0.3 is 10.2 Å². The molecule has 30 heavy (non-hydrogen) atoms. The van der Waals surface area contributed by atoms with Crippen molar-refractivity contribution < 1.29 is 9.59 Å². The van der Waals surface area contributed by atoms with Gasteiger partial charge in [-0.25, -0.2) is 4.68 Å². The van der Waals surface area contributed by atoms with Crippen LogP contribution in [-0.2, 0) is 4.79 Å². The normalized spacial score (nSPS) is 13.9. The molecule has 0 unspecified atom stereocenters. The summed E-state index contributed by atoms with van der Waals surface area (Å²) in [6.07, 6.45) is 3.07. The van der Waals surface area contributed by atoms with E-state index in [2.05, 4.69) is 24.3 Å². The fourth-order valence-electron chi connectivity index (χ4n) is 3.85. The molecule has 2 heterocycles. The number of aryl methyl sites for hydroxylation is 1. The standard InChI is InChI=1S/C24H26N4O2/c1-16(2)23-21(15-25-28(23)19-11-9-17(3)10-12-19)24(30)26-18-6-4-7-20(14-18)27-13-5-8-22(27)29/h4,6-7,9-12,14-16H,5,8,13H2,1-3H3,(H,26,30). The van der Waals surface area contributed by atoms with Crippen LogP contribution in [0, 0.1) is 6.92 Å². The summed E-state index contributed by atoms with van der Waals surface area (Å²) in [5, 5.41) is 7.47. The zero-order chi connectivity index (χ0) is 21.3. The van der Waals surface area contributed by atoms with Crippen LogP contribution in [-0.4, -0.2) is 28.1 Å². The third-order valence-corrected chi connectivity index (χ3v) is 5.37. The van der Waals surface area contributed by atoms with Gasteiger partial charge in [-0.1, -0.05) is 37.6 Å². The van der Waals surface area contributed by atoms with Crippen LogP contribution in [0.2, 0.25) is 0 Å². The van der Waals surface area contributed by atoms with Crippen molar-refractivity contribution in [3.63, 3.8) is 0 Å². The number of carbonyl (C=O) groups is 2. The highest BCUT2D eigenvalue weighted by molar-refractivity contribution is 6.05. The van der Waals surface area contributed by atoms with Gasteiger partial charge in [0.2, 0.25) is 5.91 Å². The van der Waals surface area contributed by atoms with Crippen LogP contribution in [0.3, 0.4) is 0 Å². The Kier molecular flexibility index (Phi) is 5.40. The molecule has 6 heteroatoms. The molecule has 0 bridgehead atoms. The molecule has 1 aromatic heterocycles. The van der Waals surface area contributed by atoms with Crippen LogP contribution in [0.1, 0.15) is 54.2 Å². The lowest BCUT2D eigenvalue weighted by molar-refractivity contribution is -0.117. The zero-order valence-electron chi connectivity index (χ0n) is 17.6. The minimum Gasteiger partial charge on any atom is -0.322 e. The average molecular weight is 402 g/mol. The van der Waals surface area contributed by atoms with Crippen LogP contribution < -0.4 is 10.2 Å². The molecule has 0 atom stereocenters. The molecule has 0 spiro atoms. The fraction of sp³-hybridized carbons (Fsp3) is 0.292. The van der Waals surface area contributed by atoms with Crippen molar-refractivity contribution in [2.75, 3.05) is 16.8 Å². The lowest BCUT2D eigenvalue weighted by Gasteiger charge is -2.17. The molecular weight excluding hydrogens is 376 g/mol. The van der Waals surface area contributed by atoms with E-state index in [0.29, 0.717) is 17.7 Å². The summed E-state index contributed by atoms with van der Waals surface area (Å²) in [7, 11) is 0. The van der Waals surface area contributed by atoms with Crippen LogP contribution in [0.5, 0.6) is 0 Å². The fourth-order valence-corrected chi connectivity index (χ4v) is 3.85. The first-order chi connectivity index (χ1) is 14.4. The maximum atomic E-state index is 13.1. The third-order valence-electron chi connectivity index (χ3n) is 5.37. The molecule has 154 valence electrons. The Balaban J connectivity index is 1.61. The van der Waals surface area contributed by atoms with E-state index >= 15 is 0 Å². The smallest absolute Gasteiger partial charge is 0.259 e. The van der Waals surface area contributed by atoms with Gasteiger partial charge in [0.1, 0.15) is 0 Å². The van der Waals surface area contributed by atoms with Gasteiger partial charge in [0.05, 0.1) is 23.1 Å². The van der Waals surface area contributed by atoms with Crippen molar-refractivity contribution in [1.29, 1.82) is 0 Å². The molecule has 3 aromatic rings. The summed E-state index contributed by atoms with van der Waals surface area (Å²) in [5.74, 6) is 0.0324. The van der Waals surface area contributed by atoms with E-state index in [1.54, 1.807) is 11.1 Å². The molecule has 1 aliphatic heterocycles. The van der Waals surface area contributed by atoms with Gasteiger partial charge >= 0.3 is 0 Å². The maximum Gasteiger partial charge on any atom is 0.259 e. The van der Waals surface area contributed by atoms with Gasteiger partial charge in [-0.05, 0) is 49.6 Å². The van der Waals surface area contributed by atoms with Crippen molar-refractivity contribution in [2.24, 2.45) is 0 Å². The Bertz CT molecular complexity index is 1080. The summed E-state index contributed by atoms with van der Waals surface area (Å²) in [5.41, 5.74) is 4.99.